The van der Waals surface area contributed by atoms with Gasteiger partial charge in [-0.2, -0.15) is 5.10 Å². The maximum Gasteiger partial charge on any atom is 0.140 e. The Bertz CT molecular complexity index is 1080. The summed E-state index contributed by atoms with van der Waals surface area (Å²) in [6.45, 7) is 2.09. The van der Waals surface area contributed by atoms with Crippen LogP contribution in [0.3, 0.4) is 0 Å². The molecule has 0 amide bonds. The third kappa shape index (κ3) is 3.61. The van der Waals surface area contributed by atoms with Gasteiger partial charge in [0, 0.05) is 40.8 Å². The van der Waals surface area contributed by atoms with Crippen LogP contribution in [0.5, 0.6) is 5.75 Å². The Hall–Kier alpha value is -2.12. The summed E-state index contributed by atoms with van der Waals surface area (Å²) in [7, 11) is 0. The van der Waals surface area contributed by atoms with Gasteiger partial charge in [-0.05, 0) is 61.2 Å². The summed E-state index contributed by atoms with van der Waals surface area (Å²) in [6, 6.07) is 13.2. The topological polar surface area (TPSA) is 55.2 Å². The van der Waals surface area contributed by atoms with Gasteiger partial charge in [0.05, 0.1) is 11.7 Å². The van der Waals surface area contributed by atoms with E-state index in [0.29, 0.717) is 17.1 Å². The van der Waals surface area contributed by atoms with Gasteiger partial charge in [-0.15, -0.1) is 0 Å². The number of nitrogens with one attached hydrogen (secondary N) is 1. The van der Waals surface area contributed by atoms with Crippen molar-refractivity contribution in [3.63, 3.8) is 0 Å². The molecule has 0 radical (unpaired) electrons. The number of likely N-dealkylation sites (tertiary alicyclic amines) is 1. The molecule has 31 heavy (non-hydrogen) atoms. The molecule has 2 aliphatic heterocycles. The molecule has 0 spiro atoms. The minimum Gasteiger partial charge on any atom is -0.484 e. The number of benzene rings is 2. The van der Waals surface area contributed by atoms with Gasteiger partial charge in [0.2, 0.25) is 0 Å². The van der Waals surface area contributed by atoms with E-state index in [9.17, 15) is 0 Å². The van der Waals surface area contributed by atoms with Crippen molar-refractivity contribution in [2.24, 2.45) is 0 Å². The van der Waals surface area contributed by atoms with Gasteiger partial charge in [-0.1, -0.05) is 23.2 Å². The average Bonchev–Trinajstić information content (AvgIpc) is 3.49. The van der Waals surface area contributed by atoms with Crippen LogP contribution in [0.25, 0.3) is 5.69 Å². The number of rotatable bonds is 4. The second-order valence-electron chi connectivity index (χ2n) is 8.69. The molecule has 2 bridgehead atoms. The highest BCUT2D eigenvalue weighted by Gasteiger charge is 2.43. The highest BCUT2D eigenvalue weighted by Crippen LogP contribution is 2.43. The van der Waals surface area contributed by atoms with Gasteiger partial charge in [0.1, 0.15) is 24.5 Å². The van der Waals surface area contributed by atoms with Crippen LogP contribution in [0, 0.1) is 0 Å². The molecule has 2 aromatic carbocycles. The van der Waals surface area contributed by atoms with E-state index in [1.165, 1.54) is 19.2 Å². The van der Waals surface area contributed by atoms with Gasteiger partial charge in [0.15, 0.2) is 0 Å². The fourth-order valence-corrected chi connectivity index (χ4v) is 5.93. The Morgan fingerprint density at radius 3 is 2.52 bits per heavy atom. The molecule has 160 valence electrons. The van der Waals surface area contributed by atoms with Crippen LogP contribution < -0.4 is 10.1 Å². The minimum absolute atomic E-state index is 0.110. The lowest BCUT2D eigenvalue weighted by atomic mass is 10.1. The fraction of sp³-hybridized carbons (Fsp3) is 0.391. The molecule has 1 aromatic heterocycles. The predicted octanol–water partition coefficient (Wildman–Crippen LogP) is 4.06. The molecular formula is C23H23Cl2N5O. The van der Waals surface area contributed by atoms with Crippen molar-refractivity contribution in [2.75, 3.05) is 13.1 Å². The van der Waals surface area contributed by atoms with Gasteiger partial charge in [0.25, 0.3) is 0 Å². The van der Waals surface area contributed by atoms with E-state index in [0.717, 1.165) is 47.1 Å². The molecule has 1 N–H and O–H groups in total. The molecule has 3 heterocycles. The summed E-state index contributed by atoms with van der Waals surface area (Å²) >= 11 is 13.0. The minimum atomic E-state index is -0.110. The Morgan fingerprint density at radius 1 is 1.03 bits per heavy atom. The summed E-state index contributed by atoms with van der Waals surface area (Å²) in [5.74, 6) is 0.820. The summed E-state index contributed by atoms with van der Waals surface area (Å²) in [5, 5.41) is 9.30. The maximum absolute atomic E-state index is 6.62. The van der Waals surface area contributed by atoms with Crippen LogP contribution in [-0.2, 0) is 6.42 Å². The van der Waals surface area contributed by atoms with Crippen LogP contribution in [-0.4, -0.2) is 50.9 Å². The van der Waals surface area contributed by atoms with Crippen molar-refractivity contribution in [2.45, 2.75) is 43.5 Å². The van der Waals surface area contributed by atoms with E-state index in [4.69, 9.17) is 27.9 Å². The van der Waals surface area contributed by atoms with Crippen molar-refractivity contribution in [3.8, 4) is 11.4 Å². The standard InChI is InChI=1S/C23H23Cl2N5O/c24-14-7-20-19(21(25)8-14)9-22(29-10-15-1-2-16(11-29)28-15)23(20)31-18-5-3-17(4-6-18)30-13-26-12-27-30/h3-8,12-13,15-16,22-23,28H,1-2,9-11H2/t15?,16?,22-,23-/m0/s1. The molecule has 3 aliphatic rings. The molecule has 6 nitrogen and oxygen atoms in total. The van der Waals surface area contributed by atoms with Crippen molar-refractivity contribution in [3.05, 3.63) is 70.2 Å². The summed E-state index contributed by atoms with van der Waals surface area (Å²) in [6.07, 6.45) is 6.49. The second-order valence-corrected chi connectivity index (χ2v) is 9.53. The fourth-order valence-electron chi connectivity index (χ4n) is 5.35. The monoisotopic (exact) mass is 455 g/mol. The smallest absolute Gasteiger partial charge is 0.140 e. The molecule has 6 rings (SSSR count). The Labute approximate surface area is 191 Å². The van der Waals surface area contributed by atoms with Crippen molar-refractivity contribution >= 4 is 23.2 Å². The highest BCUT2D eigenvalue weighted by atomic mass is 35.5. The lowest BCUT2D eigenvalue weighted by Gasteiger charge is -2.39. The van der Waals surface area contributed by atoms with Gasteiger partial charge in [-0.3, -0.25) is 4.90 Å². The van der Waals surface area contributed by atoms with Crippen molar-refractivity contribution in [1.29, 1.82) is 0 Å². The Balaban J connectivity index is 1.31. The van der Waals surface area contributed by atoms with Crippen molar-refractivity contribution in [1.82, 2.24) is 25.0 Å². The number of halogens is 2. The van der Waals surface area contributed by atoms with E-state index in [2.05, 4.69) is 20.3 Å². The van der Waals surface area contributed by atoms with Crippen molar-refractivity contribution < 1.29 is 4.74 Å². The number of fused-ring (bicyclic) bond motifs is 3. The zero-order valence-corrected chi connectivity index (χ0v) is 18.4. The lowest BCUT2D eigenvalue weighted by molar-refractivity contribution is 0.0555. The largest absolute Gasteiger partial charge is 0.484 e. The molecule has 3 aromatic rings. The first-order valence-corrected chi connectivity index (χ1v) is 11.5. The van der Waals surface area contributed by atoms with E-state index in [1.807, 2.05) is 36.4 Å². The third-order valence-electron chi connectivity index (χ3n) is 6.76. The summed E-state index contributed by atoms with van der Waals surface area (Å²) in [4.78, 5) is 6.60. The second kappa shape index (κ2) is 7.78. The molecule has 4 atom stereocenters. The van der Waals surface area contributed by atoms with E-state index < -0.39 is 0 Å². The van der Waals surface area contributed by atoms with Gasteiger partial charge < -0.3 is 10.1 Å². The molecule has 2 saturated heterocycles. The zero-order valence-electron chi connectivity index (χ0n) is 16.9. The normalized spacial score (nSPS) is 27.4. The molecule has 2 fully saturated rings. The number of nitrogens with zero attached hydrogens (tertiary/aromatic N) is 4. The van der Waals surface area contributed by atoms with Crippen LogP contribution in [0.1, 0.15) is 30.1 Å². The quantitative estimate of drug-likeness (QED) is 0.642. The Kier molecular flexibility index (Phi) is 4.91. The van der Waals surface area contributed by atoms with E-state index in [1.54, 1.807) is 11.0 Å². The number of hydrogen-bond acceptors (Lipinski definition) is 5. The lowest BCUT2D eigenvalue weighted by Crippen LogP contribution is -2.55. The Morgan fingerprint density at radius 2 is 1.81 bits per heavy atom. The summed E-state index contributed by atoms with van der Waals surface area (Å²) < 4.78 is 8.35. The molecule has 2 unspecified atom stereocenters. The molecule has 1 aliphatic carbocycles. The first-order valence-electron chi connectivity index (χ1n) is 10.7. The predicted molar refractivity (Wildman–Crippen MR) is 120 cm³/mol. The number of ether oxygens (including phenoxy) is 1. The van der Waals surface area contributed by atoms with Crippen LogP contribution in [0.15, 0.2) is 49.1 Å². The first-order chi connectivity index (χ1) is 15.1. The van der Waals surface area contributed by atoms with Gasteiger partial charge in [-0.25, -0.2) is 9.67 Å². The van der Waals surface area contributed by atoms with E-state index >= 15 is 0 Å². The van der Waals surface area contributed by atoms with Crippen LogP contribution in [0.4, 0.5) is 0 Å². The van der Waals surface area contributed by atoms with Crippen LogP contribution in [0.2, 0.25) is 10.0 Å². The molecular weight excluding hydrogens is 433 g/mol. The molecule has 0 saturated carbocycles. The third-order valence-corrected chi connectivity index (χ3v) is 7.32. The van der Waals surface area contributed by atoms with Crippen LogP contribution >= 0.6 is 23.2 Å². The summed E-state index contributed by atoms with van der Waals surface area (Å²) in [5.41, 5.74) is 3.21. The molecule has 8 heteroatoms. The number of aromatic nitrogens is 3. The number of hydrogen-bond donors (Lipinski definition) is 1. The SMILES string of the molecule is Clc1cc(Cl)c2c(c1)[C@H](Oc1ccc(-n3cncn3)cc1)[C@@H](N1CC3CCC(C1)N3)C2. The van der Waals surface area contributed by atoms with Gasteiger partial charge >= 0.3 is 0 Å². The average molecular weight is 456 g/mol. The highest BCUT2D eigenvalue weighted by molar-refractivity contribution is 6.35. The number of piperazine rings is 1. The first kappa shape index (κ1) is 19.6. The maximum atomic E-state index is 6.62. The van der Waals surface area contributed by atoms with E-state index in [-0.39, 0.29) is 12.1 Å². The zero-order chi connectivity index (χ0) is 20.9.